The van der Waals surface area contributed by atoms with Crippen molar-refractivity contribution in [2.24, 2.45) is 0 Å². The number of aliphatic hydroxyl groups excluding tert-OH is 1. The van der Waals surface area contributed by atoms with E-state index in [1.807, 2.05) is 7.05 Å². The predicted octanol–water partition coefficient (Wildman–Crippen LogP) is 2.05. The summed E-state index contributed by atoms with van der Waals surface area (Å²) in [5, 5.41) is 23.0. The smallest absolute Gasteiger partial charge is 0.371 e. The number of nitrogens with one attached hydrogen (secondary N) is 1. The molecule has 2 aliphatic heterocycles. The average Bonchev–Trinajstić information content (AvgIpc) is 2.79. The molecule has 9 heteroatoms. The summed E-state index contributed by atoms with van der Waals surface area (Å²) in [6.45, 7) is 1.50. The molecule has 2 fully saturated rings. The number of anilines is 1. The fraction of sp³-hybridized carbons (Fsp3) is 0.500. The molecule has 1 unspecified atom stereocenters. The largest absolute Gasteiger partial charge is 0.417 e. The van der Waals surface area contributed by atoms with E-state index in [1.165, 1.54) is 11.0 Å². The molecular formula is C16H17F3N4OS. The van der Waals surface area contributed by atoms with Gasteiger partial charge in [-0.2, -0.15) is 18.4 Å². The number of nitrogens with zero attached hydrogens (tertiary/aromatic N) is 3. The van der Waals surface area contributed by atoms with E-state index in [0.29, 0.717) is 12.8 Å². The van der Waals surface area contributed by atoms with Crippen LogP contribution in [0.2, 0.25) is 0 Å². The van der Waals surface area contributed by atoms with Crippen LogP contribution in [0.15, 0.2) is 18.2 Å². The molecule has 1 aromatic rings. The molecule has 0 aromatic heterocycles. The molecule has 134 valence electrons. The van der Waals surface area contributed by atoms with Gasteiger partial charge in [-0.15, -0.1) is 0 Å². The molecule has 2 aliphatic rings. The van der Waals surface area contributed by atoms with Gasteiger partial charge < -0.3 is 15.3 Å². The lowest BCUT2D eigenvalue weighted by Gasteiger charge is -2.40. The fourth-order valence-corrected chi connectivity index (χ4v) is 3.78. The zero-order chi connectivity index (χ0) is 18.4. The van der Waals surface area contributed by atoms with Crippen LogP contribution in [-0.4, -0.2) is 47.0 Å². The standard InChI is InChI=1S/C16H17F3N4OS/c1-22-6-4-15(5-7-22)13(24)23(14(25)21-15)11-3-2-10(9-20)12(8-11)16(17,18)19/h2-3,8,13,24H,4-7H2,1H3,(H,21,25). The molecule has 2 saturated heterocycles. The Bertz CT molecular complexity index is 738. The number of likely N-dealkylation sites (tertiary alicyclic amines) is 1. The molecule has 25 heavy (non-hydrogen) atoms. The number of rotatable bonds is 1. The van der Waals surface area contributed by atoms with E-state index in [4.69, 9.17) is 17.5 Å². The second-order valence-corrected chi connectivity index (χ2v) is 6.86. The van der Waals surface area contributed by atoms with Gasteiger partial charge in [0.05, 0.1) is 22.7 Å². The van der Waals surface area contributed by atoms with E-state index in [-0.39, 0.29) is 10.8 Å². The Hall–Kier alpha value is -1.89. The van der Waals surface area contributed by atoms with Crippen LogP contribution in [0.4, 0.5) is 18.9 Å². The predicted molar refractivity (Wildman–Crippen MR) is 89.8 cm³/mol. The minimum absolute atomic E-state index is 0.118. The van der Waals surface area contributed by atoms with Crippen LogP contribution in [0.25, 0.3) is 0 Å². The maximum atomic E-state index is 13.2. The third-order valence-electron chi connectivity index (χ3n) is 4.90. The first-order valence-electron chi connectivity index (χ1n) is 7.77. The maximum absolute atomic E-state index is 13.2. The number of nitriles is 1. The molecule has 3 rings (SSSR count). The number of piperidine rings is 1. The molecule has 1 spiro atoms. The molecular weight excluding hydrogens is 353 g/mol. The third-order valence-corrected chi connectivity index (χ3v) is 5.20. The minimum atomic E-state index is -4.66. The van der Waals surface area contributed by atoms with Crippen LogP contribution < -0.4 is 10.2 Å². The Morgan fingerprint density at radius 2 is 2.00 bits per heavy atom. The number of aliphatic hydroxyl groups is 1. The molecule has 1 aromatic carbocycles. The Kier molecular flexibility index (Phi) is 4.39. The lowest BCUT2D eigenvalue weighted by Crippen LogP contribution is -2.56. The fourth-order valence-electron chi connectivity index (χ4n) is 3.37. The number of halogens is 3. The summed E-state index contributed by atoms with van der Waals surface area (Å²) in [6, 6.07) is 4.89. The van der Waals surface area contributed by atoms with Crippen molar-refractivity contribution in [3.05, 3.63) is 29.3 Å². The summed E-state index contributed by atoms with van der Waals surface area (Å²) < 4.78 is 39.6. The Balaban J connectivity index is 1.97. The number of hydrogen-bond donors (Lipinski definition) is 2. The molecule has 1 atom stereocenters. The summed E-state index contributed by atoms with van der Waals surface area (Å²) in [5.74, 6) is 0. The molecule has 0 aliphatic carbocycles. The van der Waals surface area contributed by atoms with Gasteiger partial charge in [-0.05, 0) is 50.3 Å². The number of thiocarbonyl (C=S) groups is 1. The third kappa shape index (κ3) is 3.05. The maximum Gasteiger partial charge on any atom is 0.417 e. The summed E-state index contributed by atoms with van der Waals surface area (Å²) in [6.07, 6.45) is -4.47. The quantitative estimate of drug-likeness (QED) is 0.738. The Labute approximate surface area is 148 Å². The van der Waals surface area contributed by atoms with E-state index < -0.39 is 29.1 Å². The topological polar surface area (TPSA) is 62.5 Å². The van der Waals surface area contributed by atoms with Crippen LogP contribution in [-0.2, 0) is 6.18 Å². The van der Waals surface area contributed by atoms with Gasteiger partial charge in [0.25, 0.3) is 0 Å². The first-order valence-corrected chi connectivity index (χ1v) is 8.18. The van der Waals surface area contributed by atoms with Gasteiger partial charge in [-0.3, -0.25) is 4.90 Å². The molecule has 0 amide bonds. The SMILES string of the molecule is CN1CCC2(CC1)NC(=S)N(c1ccc(C#N)c(C(F)(F)F)c1)C2O. The average molecular weight is 370 g/mol. The number of benzene rings is 1. The van der Waals surface area contributed by atoms with Gasteiger partial charge in [-0.25, -0.2) is 0 Å². The highest BCUT2D eigenvalue weighted by Gasteiger charge is 2.50. The second-order valence-electron chi connectivity index (χ2n) is 6.47. The number of hydrogen-bond acceptors (Lipinski definition) is 4. The van der Waals surface area contributed by atoms with Crippen LogP contribution in [0, 0.1) is 11.3 Å². The molecule has 2 N–H and O–H groups in total. The molecule has 0 bridgehead atoms. The lowest BCUT2D eigenvalue weighted by molar-refractivity contribution is -0.137. The van der Waals surface area contributed by atoms with Crippen LogP contribution >= 0.6 is 12.2 Å². The minimum Gasteiger partial charge on any atom is -0.371 e. The highest BCUT2D eigenvalue weighted by molar-refractivity contribution is 7.80. The van der Waals surface area contributed by atoms with Gasteiger partial charge in [0.1, 0.15) is 0 Å². The van der Waals surface area contributed by atoms with Gasteiger partial charge in [0.2, 0.25) is 0 Å². The monoisotopic (exact) mass is 370 g/mol. The van der Waals surface area contributed by atoms with E-state index in [1.54, 1.807) is 6.07 Å². The first kappa shape index (κ1) is 17.9. The van der Waals surface area contributed by atoms with Crippen molar-refractivity contribution in [2.45, 2.75) is 30.8 Å². The van der Waals surface area contributed by atoms with Crippen molar-refractivity contribution in [3.8, 4) is 6.07 Å². The molecule has 0 radical (unpaired) electrons. The summed E-state index contributed by atoms with van der Waals surface area (Å²) in [5.41, 5.74) is -2.05. The van der Waals surface area contributed by atoms with Gasteiger partial charge in [-0.1, -0.05) is 0 Å². The molecule has 5 nitrogen and oxygen atoms in total. The Morgan fingerprint density at radius 3 is 2.56 bits per heavy atom. The lowest BCUT2D eigenvalue weighted by atomic mass is 9.86. The van der Waals surface area contributed by atoms with Crippen molar-refractivity contribution < 1.29 is 18.3 Å². The zero-order valence-electron chi connectivity index (χ0n) is 13.5. The van der Waals surface area contributed by atoms with E-state index in [0.717, 1.165) is 25.2 Å². The van der Waals surface area contributed by atoms with Crippen molar-refractivity contribution in [1.82, 2.24) is 10.2 Å². The van der Waals surface area contributed by atoms with E-state index in [2.05, 4.69) is 10.2 Å². The van der Waals surface area contributed by atoms with Crippen LogP contribution in [0.1, 0.15) is 24.0 Å². The zero-order valence-corrected chi connectivity index (χ0v) is 14.3. The Morgan fingerprint density at radius 1 is 1.36 bits per heavy atom. The number of alkyl halides is 3. The van der Waals surface area contributed by atoms with Gasteiger partial charge in [0.15, 0.2) is 11.3 Å². The van der Waals surface area contributed by atoms with E-state index in [9.17, 15) is 18.3 Å². The van der Waals surface area contributed by atoms with Crippen molar-refractivity contribution in [1.29, 1.82) is 5.26 Å². The normalized spacial score (nSPS) is 23.6. The van der Waals surface area contributed by atoms with Gasteiger partial charge in [0, 0.05) is 18.8 Å². The summed E-state index contributed by atoms with van der Waals surface area (Å²) in [7, 11) is 1.97. The van der Waals surface area contributed by atoms with Crippen LogP contribution in [0.3, 0.4) is 0 Å². The highest BCUT2D eigenvalue weighted by Crippen LogP contribution is 2.39. The summed E-state index contributed by atoms with van der Waals surface area (Å²) in [4.78, 5) is 3.42. The van der Waals surface area contributed by atoms with Crippen LogP contribution in [0.5, 0.6) is 0 Å². The van der Waals surface area contributed by atoms with Crippen molar-refractivity contribution >= 4 is 23.0 Å². The summed E-state index contributed by atoms with van der Waals surface area (Å²) >= 11 is 5.28. The molecule has 0 saturated carbocycles. The van der Waals surface area contributed by atoms with Crippen molar-refractivity contribution in [3.63, 3.8) is 0 Å². The van der Waals surface area contributed by atoms with Crippen molar-refractivity contribution in [2.75, 3.05) is 25.0 Å². The van der Waals surface area contributed by atoms with Gasteiger partial charge >= 0.3 is 6.18 Å². The highest BCUT2D eigenvalue weighted by atomic mass is 32.1. The first-order chi connectivity index (χ1) is 11.7. The second kappa shape index (κ2) is 6.12. The molecule has 2 heterocycles. The van der Waals surface area contributed by atoms with E-state index >= 15 is 0 Å².